The van der Waals surface area contributed by atoms with Crippen LogP contribution >= 0.6 is 11.6 Å². The molecular weight excluding hydrogens is 368 g/mol. The molecule has 2 aromatic carbocycles. The molecule has 0 aliphatic rings. The van der Waals surface area contributed by atoms with Crippen molar-refractivity contribution < 1.29 is 19.1 Å². The number of ether oxygens (including phenoxy) is 2. The lowest BCUT2D eigenvalue weighted by Crippen LogP contribution is -2.41. The van der Waals surface area contributed by atoms with Gasteiger partial charge in [-0.15, -0.1) is 0 Å². The lowest BCUT2D eigenvalue weighted by atomic mass is 10.2. The van der Waals surface area contributed by atoms with E-state index in [-0.39, 0.29) is 18.4 Å². The molecule has 2 aromatic rings. The fraction of sp³-hybridized carbons (Fsp3) is 0.300. The van der Waals surface area contributed by atoms with Gasteiger partial charge in [0.1, 0.15) is 11.5 Å². The maximum absolute atomic E-state index is 12.0. The number of benzene rings is 2. The minimum Gasteiger partial charge on any atom is -0.484 e. The lowest BCUT2D eigenvalue weighted by Gasteiger charge is -2.15. The number of hydrogen-bond acceptors (Lipinski definition) is 4. The first kappa shape index (κ1) is 20.6. The van der Waals surface area contributed by atoms with Crippen LogP contribution in [0.15, 0.2) is 48.5 Å². The van der Waals surface area contributed by atoms with E-state index in [0.29, 0.717) is 29.6 Å². The van der Waals surface area contributed by atoms with Crippen molar-refractivity contribution in [3.05, 3.63) is 59.1 Å². The van der Waals surface area contributed by atoms with Gasteiger partial charge in [0.05, 0.1) is 0 Å². The van der Waals surface area contributed by atoms with Gasteiger partial charge in [0, 0.05) is 18.1 Å². The van der Waals surface area contributed by atoms with Crippen molar-refractivity contribution in [1.82, 2.24) is 10.6 Å². The normalized spacial score (nSPS) is 11.4. The fourth-order valence-electron chi connectivity index (χ4n) is 2.14. The topological polar surface area (TPSA) is 76.7 Å². The zero-order valence-electron chi connectivity index (χ0n) is 15.3. The number of carbonyl (C=O) groups is 2. The molecule has 0 radical (unpaired) electrons. The van der Waals surface area contributed by atoms with Gasteiger partial charge in [-0.1, -0.05) is 29.3 Å². The molecule has 7 heteroatoms. The predicted octanol–water partition coefficient (Wildman–Crippen LogP) is 2.73. The molecule has 0 heterocycles. The summed E-state index contributed by atoms with van der Waals surface area (Å²) in [5, 5.41) is 5.98. The summed E-state index contributed by atoms with van der Waals surface area (Å²) in [6.07, 6.45) is -0.660. The Balaban J connectivity index is 1.60. The van der Waals surface area contributed by atoms with Crippen LogP contribution in [0.3, 0.4) is 0 Å². The third-order valence-corrected chi connectivity index (χ3v) is 3.89. The lowest BCUT2D eigenvalue weighted by molar-refractivity contribution is -0.127. The molecule has 0 bridgehead atoms. The summed E-state index contributed by atoms with van der Waals surface area (Å²) in [6, 6.07) is 14.2. The molecule has 1 unspecified atom stereocenters. The summed E-state index contributed by atoms with van der Waals surface area (Å²) >= 11 is 5.81. The molecule has 1 atom stereocenters. The highest BCUT2D eigenvalue weighted by Crippen LogP contribution is 2.16. The Kier molecular flexibility index (Phi) is 7.95. The summed E-state index contributed by atoms with van der Waals surface area (Å²) in [7, 11) is 0. The molecule has 0 spiro atoms. The fourth-order valence-corrected chi connectivity index (χ4v) is 2.26. The van der Waals surface area contributed by atoms with E-state index in [1.807, 2.05) is 31.2 Å². The highest BCUT2D eigenvalue weighted by molar-refractivity contribution is 6.30. The van der Waals surface area contributed by atoms with Crippen molar-refractivity contribution in [3.8, 4) is 11.5 Å². The van der Waals surface area contributed by atoms with Crippen LogP contribution in [0.5, 0.6) is 11.5 Å². The van der Waals surface area contributed by atoms with Crippen LogP contribution in [-0.4, -0.2) is 37.6 Å². The van der Waals surface area contributed by atoms with Gasteiger partial charge >= 0.3 is 0 Å². The van der Waals surface area contributed by atoms with E-state index < -0.39 is 6.10 Å². The molecule has 6 nitrogen and oxygen atoms in total. The van der Waals surface area contributed by atoms with E-state index in [1.54, 1.807) is 31.2 Å². The van der Waals surface area contributed by atoms with Crippen molar-refractivity contribution in [2.45, 2.75) is 20.0 Å². The molecule has 144 valence electrons. The van der Waals surface area contributed by atoms with E-state index >= 15 is 0 Å². The molecule has 0 aromatic heterocycles. The van der Waals surface area contributed by atoms with E-state index in [4.69, 9.17) is 21.1 Å². The summed E-state index contributed by atoms with van der Waals surface area (Å²) < 4.78 is 10.9. The second-order valence-corrected chi connectivity index (χ2v) is 6.39. The zero-order valence-corrected chi connectivity index (χ0v) is 16.1. The summed E-state index contributed by atoms with van der Waals surface area (Å²) in [4.78, 5) is 23.7. The number of hydrogen-bond donors (Lipinski definition) is 2. The molecule has 2 rings (SSSR count). The van der Waals surface area contributed by atoms with Crippen LogP contribution in [0, 0.1) is 6.92 Å². The first-order valence-corrected chi connectivity index (χ1v) is 8.98. The Labute approximate surface area is 163 Å². The minimum atomic E-state index is -0.660. The molecule has 0 aliphatic heterocycles. The maximum Gasteiger partial charge on any atom is 0.260 e. The number of halogens is 1. The smallest absolute Gasteiger partial charge is 0.260 e. The second-order valence-electron chi connectivity index (χ2n) is 5.96. The quantitative estimate of drug-likeness (QED) is 0.645. The van der Waals surface area contributed by atoms with Crippen LogP contribution in [0.2, 0.25) is 5.02 Å². The summed E-state index contributed by atoms with van der Waals surface area (Å²) in [5.41, 5.74) is 1.12. The molecule has 0 fully saturated rings. The van der Waals surface area contributed by atoms with Gasteiger partial charge in [-0.25, -0.2) is 0 Å². The third kappa shape index (κ3) is 7.58. The predicted molar refractivity (Wildman–Crippen MR) is 104 cm³/mol. The maximum atomic E-state index is 12.0. The third-order valence-electron chi connectivity index (χ3n) is 3.63. The Bertz CT molecular complexity index is 748. The van der Waals surface area contributed by atoms with Crippen LogP contribution in [0.25, 0.3) is 0 Å². The standard InChI is InChI=1S/C20H23ClN2O4/c1-14-3-7-17(8-4-14)26-13-19(24)22-11-12-23-20(25)15(2)27-18-9-5-16(21)6-10-18/h3-10,15H,11-13H2,1-2H3,(H,22,24)(H,23,25). The van der Waals surface area contributed by atoms with E-state index in [9.17, 15) is 9.59 Å². The van der Waals surface area contributed by atoms with Gasteiger partial charge in [-0.3, -0.25) is 9.59 Å². The first-order valence-electron chi connectivity index (χ1n) is 8.60. The van der Waals surface area contributed by atoms with Gasteiger partial charge in [-0.05, 0) is 50.2 Å². The monoisotopic (exact) mass is 390 g/mol. The van der Waals surface area contributed by atoms with Crippen LogP contribution < -0.4 is 20.1 Å². The van der Waals surface area contributed by atoms with Crippen LogP contribution in [0.4, 0.5) is 0 Å². The Morgan fingerprint density at radius 1 is 0.963 bits per heavy atom. The SMILES string of the molecule is Cc1ccc(OCC(=O)NCCNC(=O)C(C)Oc2ccc(Cl)cc2)cc1. The van der Waals surface area contributed by atoms with E-state index in [2.05, 4.69) is 10.6 Å². The van der Waals surface area contributed by atoms with Crippen molar-refractivity contribution in [1.29, 1.82) is 0 Å². The van der Waals surface area contributed by atoms with Crippen molar-refractivity contribution in [2.75, 3.05) is 19.7 Å². The number of amides is 2. The number of carbonyl (C=O) groups excluding carboxylic acids is 2. The molecule has 2 amide bonds. The molecule has 2 N–H and O–H groups in total. The van der Waals surface area contributed by atoms with Gasteiger partial charge < -0.3 is 20.1 Å². The van der Waals surface area contributed by atoms with Crippen molar-refractivity contribution >= 4 is 23.4 Å². The Morgan fingerprint density at radius 3 is 2.22 bits per heavy atom. The average Bonchev–Trinajstić information content (AvgIpc) is 2.66. The molecule has 27 heavy (non-hydrogen) atoms. The summed E-state index contributed by atoms with van der Waals surface area (Å²) in [6.45, 7) is 4.15. The van der Waals surface area contributed by atoms with Gasteiger partial charge in [-0.2, -0.15) is 0 Å². The van der Waals surface area contributed by atoms with E-state index in [1.165, 1.54) is 0 Å². The van der Waals surface area contributed by atoms with E-state index in [0.717, 1.165) is 5.56 Å². The number of rotatable bonds is 9. The first-order chi connectivity index (χ1) is 12.9. The highest BCUT2D eigenvalue weighted by atomic mass is 35.5. The van der Waals surface area contributed by atoms with Crippen LogP contribution in [0.1, 0.15) is 12.5 Å². The minimum absolute atomic E-state index is 0.0763. The largest absolute Gasteiger partial charge is 0.484 e. The molecule has 0 aliphatic carbocycles. The van der Waals surface area contributed by atoms with Gasteiger partial charge in [0.2, 0.25) is 0 Å². The number of aryl methyl sites for hydroxylation is 1. The van der Waals surface area contributed by atoms with Gasteiger partial charge in [0.15, 0.2) is 12.7 Å². The summed E-state index contributed by atoms with van der Waals surface area (Å²) in [5.74, 6) is 0.672. The zero-order chi connectivity index (χ0) is 19.6. The molecular formula is C20H23ClN2O4. The Morgan fingerprint density at radius 2 is 1.56 bits per heavy atom. The highest BCUT2D eigenvalue weighted by Gasteiger charge is 2.14. The Hall–Kier alpha value is -2.73. The second kappa shape index (κ2) is 10.4. The van der Waals surface area contributed by atoms with Crippen molar-refractivity contribution in [2.24, 2.45) is 0 Å². The van der Waals surface area contributed by atoms with Crippen LogP contribution in [-0.2, 0) is 9.59 Å². The van der Waals surface area contributed by atoms with Gasteiger partial charge in [0.25, 0.3) is 11.8 Å². The van der Waals surface area contributed by atoms with Crippen molar-refractivity contribution in [3.63, 3.8) is 0 Å². The average molecular weight is 391 g/mol. The number of nitrogens with one attached hydrogen (secondary N) is 2. The molecule has 0 saturated carbocycles. The molecule has 0 saturated heterocycles.